The molecule has 2 aromatic carbocycles. The molecule has 2 aliphatic rings. The normalized spacial score (nSPS) is 17.5. The van der Waals surface area contributed by atoms with Gasteiger partial charge in [0.05, 0.1) is 0 Å². The number of likely N-dealkylation sites (N-methyl/N-ethyl adjacent to an activating group) is 2. The number of amides is 1. The first-order valence-corrected chi connectivity index (χ1v) is 16.7. The van der Waals surface area contributed by atoms with Crippen LogP contribution in [0, 0.1) is 0 Å². The fourth-order valence-electron chi connectivity index (χ4n) is 4.62. The summed E-state index contributed by atoms with van der Waals surface area (Å²) in [4.78, 5) is 18.8. The predicted molar refractivity (Wildman–Crippen MR) is 162 cm³/mol. The summed E-state index contributed by atoms with van der Waals surface area (Å²) in [5, 5.41) is 0.515. The first-order chi connectivity index (χ1) is 19.1. The SMILES string of the molecule is CCN1C(=O)\C(=C/C(=C/C=C2\[Se]c3ccc(OC)cc3N2CCCS(=O)(=O)[O-])Cc2ccccc2)N(CC)C1=S.[K+]. The Hall–Kier alpha value is -1.31. The zero-order valence-electron chi connectivity index (χ0n) is 23.7. The molecule has 1 amide bonds. The van der Waals surface area contributed by atoms with Gasteiger partial charge in [-0.3, -0.25) is 0 Å². The molecule has 1 fully saturated rings. The summed E-state index contributed by atoms with van der Waals surface area (Å²) in [5.41, 5.74) is 3.55. The number of benzene rings is 2. The van der Waals surface area contributed by atoms with Crippen molar-refractivity contribution in [2.45, 2.75) is 26.7 Å². The number of hydrogen-bond acceptors (Lipinski definition) is 7. The number of carbonyl (C=O) groups excluding carboxylic acids is 1. The number of rotatable bonds is 11. The fraction of sp³-hybridized carbons (Fsp3) is 0.310. The van der Waals surface area contributed by atoms with Crippen molar-refractivity contribution < 1.29 is 73.9 Å². The Morgan fingerprint density at radius 3 is 2.41 bits per heavy atom. The second-order valence-corrected chi connectivity index (χ2v) is 13.3. The van der Waals surface area contributed by atoms with Gasteiger partial charge in [0, 0.05) is 0 Å². The van der Waals surface area contributed by atoms with Crippen molar-refractivity contribution in [3.63, 3.8) is 0 Å². The van der Waals surface area contributed by atoms with E-state index in [1.807, 2.05) is 85.5 Å². The Bertz CT molecular complexity index is 1480. The molecule has 0 N–H and O–H groups in total. The third-order valence-corrected chi connectivity index (χ3v) is 10.2. The minimum atomic E-state index is -4.31. The van der Waals surface area contributed by atoms with E-state index in [0.717, 1.165) is 25.9 Å². The molecule has 12 heteroatoms. The van der Waals surface area contributed by atoms with Crippen molar-refractivity contribution in [2.75, 3.05) is 37.4 Å². The third kappa shape index (κ3) is 8.63. The van der Waals surface area contributed by atoms with Gasteiger partial charge in [0.2, 0.25) is 0 Å². The van der Waals surface area contributed by atoms with E-state index in [1.54, 1.807) is 12.0 Å². The van der Waals surface area contributed by atoms with Gasteiger partial charge in [-0.25, -0.2) is 0 Å². The molecule has 0 aliphatic carbocycles. The molecular formula is C29H32KN3O5S2Se. The van der Waals surface area contributed by atoms with Crippen LogP contribution in [0.5, 0.6) is 5.75 Å². The van der Waals surface area contributed by atoms with E-state index >= 15 is 0 Å². The number of anilines is 1. The van der Waals surface area contributed by atoms with Gasteiger partial charge >= 0.3 is 300 Å². The second kappa shape index (κ2) is 15.4. The summed E-state index contributed by atoms with van der Waals surface area (Å²) in [6.07, 6.45) is 6.81. The first kappa shape index (κ1) is 34.2. The summed E-state index contributed by atoms with van der Waals surface area (Å²) in [6.45, 7) is 5.37. The molecule has 1 saturated heterocycles. The van der Waals surface area contributed by atoms with Gasteiger partial charge in [-0.2, -0.15) is 0 Å². The standard InChI is InChI=1S/C29H33N3O5S2Se.K/c1-4-30-25(28(33)31(5-2)29(30)38)19-22(18-21-10-7-6-8-11-21)12-15-27-32(16-9-17-39(34,35)36)24-20-23(37-3)13-14-26(24)40-27;/h6-8,10-15,19-20H,4-5,9,16-18H2,1-3H3,(H,34,35,36);/q;+1/p-1/b22-12+,25-19+,27-15-;. The quantitative estimate of drug-likeness (QED) is 0.143. The molecule has 212 valence electrons. The molecule has 2 aromatic rings. The zero-order chi connectivity index (χ0) is 28.9. The maximum atomic E-state index is 13.2. The number of fused-ring (bicyclic) bond motifs is 1. The van der Waals surface area contributed by atoms with Crippen LogP contribution in [-0.4, -0.2) is 81.2 Å². The van der Waals surface area contributed by atoms with E-state index in [4.69, 9.17) is 17.0 Å². The molecule has 2 aliphatic heterocycles. The Balaban J connectivity index is 0.00000462. The second-order valence-electron chi connectivity index (χ2n) is 9.22. The van der Waals surface area contributed by atoms with Crippen LogP contribution < -0.4 is 65.5 Å². The number of allylic oxidation sites excluding steroid dienone is 4. The van der Waals surface area contributed by atoms with E-state index in [2.05, 4.69) is 4.90 Å². The van der Waals surface area contributed by atoms with Gasteiger partial charge in [-0.1, -0.05) is 0 Å². The zero-order valence-corrected chi connectivity index (χ0v) is 30.2. The van der Waals surface area contributed by atoms with Gasteiger partial charge in [0.1, 0.15) is 0 Å². The molecule has 0 unspecified atom stereocenters. The molecule has 0 spiro atoms. The maximum Gasteiger partial charge on any atom is 1.00 e. The number of ether oxygens (including phenoxy) is 1. The smallest absolute Gasteiger partial charge is 1.00 e. The van der Waals surface area contributed by atoms with Crippen LogP contribution >= 0.6 is 12.2 Å². The fourth-order valence-corrected chi connectivity index (χ4v) is 7.79. The molecule has 0 saturated carbocycles. The third-order valence-electron chi connectivity index (χ3n) is 6.58. The van der Waals surface area contributed by atoms with Gasteiger partial charge in [0.25, 0.3) is 0 Å². The van der Waals surface area contributed by atoms with Gasteiger partial charge < -0.3 is 0 Å². The van der Waals surface area contributed by atoms with Crippen LogP contribution in [-0.2, 0) is 21.3 Å². The number of methoxy groups -OCH3 is 1. The molecule has 0 bridgehead atoms. The van der Waals surface area contributed by atoms with Gasteiger partial charge in [0.15, 0.2) is 0 Å². The minimum absolute atomic E-state index is 0. The van der Waals surface area contributed by atoms with Crippen LogP contribution in [0.25, 0.3) is 0 Å². The van der Waals surface area contributed by atoms with E-state index in [0.29, 0.717) is 42.6 Å². The molecule has 0 aromatic heterocycles. The van der Waals surface area contributed by atoms with Gasteiger partial charge in [-0.15, -0.1) is 0 Å². The monoisotopic (exact) mass is 685 g/mol. The van der Waals surface area contributed by atoms with E-state index in [-0.39, 0.29) is 78.7 Å². The largest absolute Gasteiger partial charge is 1.00 e. The Kier molecular flexibility index (Phi) is 12.9. The van der Waals surface area contributed by atoms with E-state index in [1.165, 1.54) is 0 Å². The van der Waals surface area contributed by atoms with Crippen molar-refractivity contribution in [1.82, 2.24) is 9.80 Å². The van der Waals surface area contributed by atoms with Crippen LogP contribution in [0.4, 0.5) is 5.69 Å². The predicted octanol–water partition coefficient (Wildman–Crippen LogP) is 0.147. The summed E-state index contributed by atoms with van der Waals surface area (Å²) in [7, 11) is -2.70. The Labute approximate surface area is 296 Å². The van der Waals surface area contributed by atoms with Crippen molar-refractivity contribution in [1.29, 1.82) is 0 Å². The molecular weight excluding hydrogens is 653 g/mol. The van der Waals surface area contributed by atoms with Crippen LogP contribution in [0.15, 0.2) is 82.6 Å². The number of nitrogens with zero attached hydrogens (tertiary/aromatic N) is 3. The average Bonchev–Trinajstić information content (AvgIpc) is 3.39. The topological polar surface area (TPSA) is 93.2 Å². The Morgan fingerprint density at radius 2 is 1.78 bits per heavy atom. The summed E-state index contributed by atoms with van der Waals surface area (Å²) in [5.74, 6) is 0.178. The molecule has 8 nitrogen and oxygen atoms in total. The molecule has 0 radical (unpaired) electrons. The molecule has 2 heterocycles. The van der Waals surface area contributed by atoms with Crippen LogP contribution in [0.1, 0.15) is 25.8 Å². The van der Waals surface area contributed by atoms with Crippen LogP contribution in [0.2, 0.25) is 0 Å². The van der Waals surface area contributed by atoms with Crippen LogP contribution in [0.3, 0.4) is 0 Å². The number of hydrogen-bond donors (Lipinski definition) is 0. The Morgan fingerprint density at radius 1 is 1.07 bits per heavy atom. The average molecular weight is 685 g/mol. The van der Waals surface area contributed by atoms with Crippen molar-refractivity contribution in [2.24, 2.45) is 0 Å². The van der Waals surface area contributed by atoms with Crippen molar-refractivity contribution >= 4 is 58.5 Å². The minimum Gasteiger partial charge on any atom is 1.00 e. The number of carbonyl (C=O) groups is 1. The van der Waals surface area contributed by atoms with E-state index in [9.17, 15) is 17.8 Å². The van der Waals surface area contributed by atoms with Gasteiger partial charge in [-0.05, 0) is 0 Å². The van der Waals surface area contributed by atoms with E-state index < -0.39 is 15.9 Å². The van der Waals surface area contributed by atoms with Crippen molar-refractivity contribution in [3.05, 3.63) is 88.2 Å². The number of thiocarbonyl (C=S) groups is 1. The molecule has 41 heavy (non-hydrogen) atoms. The van der Waals surface area contributed by atoms with Crippen molar-refractivity contribution in [3.8, 4) is 5.75 Å². The first-order valence-electron chi connectivity index (χ1n) is 13.0. The summed E-state index contributed by atoms with van der Waals surface area (Å²) in [6, 6.07) is 15.9. The summed E-state index contributed by atoms with van der Waals surface area (Å²) < 4.78 is 41.4. The summed E-state index contributed by atoms with van der Waals surface area (Å²) >= 11 is 5.53. The maximum absolute atomic E-state index is 13.2. The molecule has 4 rings (SSSR count). The molecule has 0 atom stereocenters.